The molecule has 52 valence electrons. The average Bonchev–Trinajstić information content (AvgIpc) is 2.32. The lowest BCUT2D eigenvalue weighted by molar-refractivity contribution is 0.0985. The Balaban J connectivity index is 1.89. The van der Waals surface area contributed by atoms with E-state index in [0.29, 0.717) is 11.5 Å². The SMILES string of the molecule is COC1C[C@@H]2C(Cl)[C@@H]2C1. The van der Waals surface area contributed by atoms with Crippen molar-refractivity contribution in [2.45, 2.75) is 24.3 Å². The molecule has 2 saturated carbocycles. The third kappa shape index (κ3) is 0.786. The number of alkyl halides is 1. The molecule has 2 heteroatoms. The van der Waals surface area contributed by atoms with Crippen LogP contribution in [0.4, 0.5) is 0 Å². The maximum Gasteiger partial charge on any atom is 0.0578 e. The van der Waals surface area contributed by atoms with Crippen LogP contribution in [0.5, 0.6) is 0 Å². The molecular weight excluding hydrogens is 136 g/mol. The van der Waals surface area contributed by atoms with Crippen molar-refractivity contribution < 1.29 is 4.74 Å². The maximum atomic E-state index is 5.92. The highest BCUT2D eigenvalue weighted by molar-refractivity contribution is 6.23. The van der Waals surface area contributed by atoms with Crippen LogP contribution < -0.4 is 0 Å². The Kier molecular flexibility index (Phi) is 1.24. The third-order valence-corrected chi connectivity index (χ3v) is 3.28. The molecule has 2 aliphatic rings. The molecule has 2 aliphatic carbocycles. The van der Waals surface area contributed by atoms with Gasteiger partial charge < -0.3 is 4.74 Å². The largest absolute Gasteiger partial charge is 0.381 e. The van der Waals surface area contributed by atoms with Crippen molar-refractivity contribution >= 4 is 11.6 Å². The van der Waals surface area contributed by atoms with E-state index in [1.807, 2.05) is 0 Å². The highest BCUT2D eigenvalue weighted by Gasteiger charge is 2.55. The number of rotatable bonds is 1. The lowest BCUT2D eigenvalue weighted by Gasteiger charge is -2.08. The van der Waals surface area contributed by atoms with Gasteiger partial charge in [-0.05, 0) is 24.7 Å². The smallest absolute Gasteiger partial charge is 0.0578 e. The Labute approximate surface area is 60.3 Å². The zero-order valence-corrected chi connectivity index (χ0v) is 6.27. The second-order valence-electron chi connectivity index (χ2n) is 3.10. The Bertz CT molecular complexity index is 114. The van der Waals surface area contributed by atoms with Crippen LogP contribution in [0.25, 0.3) is 0 Å². The molecule has 0 N–H and O–H groups in total. The van der Waals surface area contributed by atoms with E-state index in [9.17, 15) is 0 Å². The summed E-state index contributed by atoms with van der Waals surface area (Å²) < 4.78 is 5.20. The van der Waals surface area contributed by atoms with Crippen molar-refractivity contribution in [2.24, 2.45) is 11.8 Å². The minimum atomic E-state index is 0.497. The number of fused-ring (bicyclic) bond motifs is 1. The summed E-state index contributed by atoms with van der Waals surface area (Å²) in [6.07, 6.45) is 2.93. The molecule has 0 aliphatic heterocycles. The van der Waals surface area contributed by atoms with Crippen molar-refractivity contribution in [3.05, 3.63) is 0 Å². The zero-order chi connectivity index (χ0) is 6.43. The van der Waals surface area contributed by atoms with E-state index >= 15 is 0 Å². The Morgan fingerprint density at radius 1 is 1.33 bits per heavy atom. The fourth-order valence-electron chi connectivity index (χ4n) is 1.90. The summed E-state index contributed by atoms with van der Waals surface area (Å²) in [6.45, 7) is 0. The van der Waals surface area contributed by atoms with Crippen molar-refractivity contribution in [3.63, 3.8) is 0 Å². The standard InChI is InChI=1S/C7H11ClO/c1-9-4-2-5-6(3-4)7(5)8/h4-7H,2-3H2,1H3/t4?,5-,6+,7?. The molecule has 0 saturated heterocycles. The van der Waals surface area contributed by atoms with Crippen LogP contribution in [0.15, 0.2) is 0 Å². The van der Waals surface area contributed by atoms with Gasteiger partial charge in [-0.3, -0.25) is 0 Å². The Hall–Kier alpha value is 0.250. The Morgan fingerprint density at radius 3 is 2.33 bits per heavy atom. The van der Waals surface area contributed by atoms with Gasteiger partial charge in [0.25, 0.3) is 0 Å². The highest BCUT2D eigenvalue weighted by atomic mass is 35.5. The zero-order valence-electron chi connectivity index (χ0n) is 5.51. The summed E-state index contributed by atoms with van der Waals surface area (Å²) in [6, 6.07) is 0. The van der Waals surface area contributed by atoms with Gasteiger partial charge in [0.1, 0.15) is 0 Å². The van der Waals surface area contributed by atoms with Gasteiger partial charge in [0, 0.05) is 12.5 Å². The first kappa shape index (κ1) is 5.99. The van der Waals surface area contributed by atoms with Gasteiger partial charge in [-0.25, -0.2) is 0 Å². The number of methoxy groups -OCH3 is 1. The minimum absolute atomic E-state index is 0.497. The van der Waals surface area contributed by atoms with Gasteiger partial charge >= 0.3 is 0 Å². The van der Waals surface area contributed by atoms with Crippen LogP contribution in [0.2, 0.25) is 0 Å². The fourth-order valence-corrected chi connectivity index (χ4v) is 2.40. The normalized spacial score (nSPS) is 55.3. The summed E-state index contributed by atoms with van der Waals surface area (Å²) in [5, 5.41) is 0.497. The third-order valence-electron chi connectivity index (χ3n) is 2.63. The van der Waals surface area contributed by atoms with Crippen LogP contribution in [-0.4, -0.2) is 18.6 Å². The van der Waals surface area contributed by atoms with Gasteiger partial charge in [0.05, 0.1) is 6.10 Å². The molecule has 0 aromatic rings. The number of hydrogen-bond donors (Lipinski definition) is 0. The first-order chi connectivity index (χ1) is 4.33. The molecule has 2 fully saturated rings. The van der Waals surface area contributed by atoms with Gasteiger partial charge in [0.2, 0.25) is 0 Å². The molecular formula is C7H11ClO. The van der Waals surface area contributed by atoms with Crippen LogP contribution >= 0.6 is 11.6 Å². The second-order valence-corrected chi connectivity index (χ2v) is 3.61. The molecule has 0 aromatic carbocycles. The van der Waals surface area contributed by atoms with E-state index in [-0.39, 0.29) is 0 Å². The second kappa shape index (κ2) is 1.86. The molecule has 2 unspecified atom stereocenters. The summed E-state index contributed by atoms with van der Waals surface area (Å²) >= 11 is 5.92. The molecule has 9 heavy (non-hydrogen) atoms. The Morgan fingerprint density at radius 2 is 1.89 bits per heavy atom. The molecule has 4 atom stereocenters. The predicted octanol–water partition coefficient (Wildman–Crippen LogP) is 1.65. The van der Waals surface area contributed by atoms with Crippen molar-refractivity contribution in [1.29, 1.82) is 0 Å². The lowest BCUT2D eigenvalue weighted by atomic mass is 10.2. The molecule has 2 rings (SSSR count). The van der Waals surface area contributed by atoms with E-state index in [1.54, 1.807) is 7.11 Å². The predicted molar refractivity (Wildman–Crippen MR) is 36.7 cm³/mol. The van der Waals surface area contributed by atoms with Crippen LogP contribution in [0.3, 0.4) is 0 Å². The number of hydrogen-bond acceptors (Lipinski definition) is 1. The van der Waals surface area contributed by atoms with Crippen LogP contribution in [0, 0.1) is 11.8 Å². The first-order valence-electron chi connectivity index (χ1n) is 3.50. The molecule has 0 aromatic heterocycles. The van der Waals surface area contributed by atoms with Crippen molar-refractivity contribution in [1.82, 2.24) is 0 Å². The van der Waals surface area contributed by atoms with Crippen molar-refractivity contribution in [3.8, 4) is 0 Å². The molecule has 1 nitrogen and oxygen atoms in total. The monoisotopic (exact) mass is 146 g/mol. The van der Waals surface area contributed by atoms with E-state index in [2.05, 4.69) is 0 Å². The number of ether oxygens (including phenoxy) is 1. The number of halogens is 1. The summed E-state index contributed by atoms with van der Waals surface area (Å²) in [4.78, 5) is 0. The van der Waals surface area contributed by atoms with Gasteiger partial charge in [-0.15, -0.1) is 11.6 Å². The van der Waals surface area contributed by atoms with E-state index in [4.69, 9.17) is 16.3 Å². The van der Waals surface area contributed by atoms with Crippen molar-refractivity contribution in [2.75, 3.05) is 7.11 Å². The quantitative estimate of drug-likeness (QED) is 0.512. The molecule has 0 amide bonds. The fraction of sp³-hybridized carbons (Fsp3) is 1.00. The molecule has 0 heterocycles. The van der Waals surface area contributed by atoms with Gasteiger partial charge in [0.15, 0.2) is 0 Å². The van der Waals surface area contributed by atoms with E-state index < -0.39 is 0 Å². The minimum Gasteiger partial charge on any atom is -0.381 e. The first-order valence-corrected chi connectivity index (χ1v) is 3.93. The average molecular weight is 147 g/mol. The summed E-state index contributed by atoms with van der Waals surface area (Å²) in [5.41, 5.74) is 0. The summed E-state index contributed by atoms with van der Waals surface area (Å²) in [5.74, 6) is 1.60. The van der Waals surface area contributed by atoms with Crippen LogP contribution in [0.1, 0.15) is 12.8 Å². The topological polar surface area (TPSA) is 9.23 Å². The maximum absolute atomic E-state index is 5.92. The van der Waals surface area contributed by atoms with E-state index in [0.717, 1.165) is 11.8 Å². The lowest BCUT2D eigenvalue weighted by Crippen LogP contribution is -2.08. The van der Waals surface area contributed by atoms with Gasteiger partial charge in [-0.1, -0.05) is 0 Å². The van der Waals surface area contributed by atoms with Gasteiger partial charge in [-0.2, -0.15) is 0 Å². The summed E-state index contributed by atoms with van der Waals surface area (Å²) in [7, 11) is 1.79. The molecule has 0 bridgehead atoms. The molecule has 0 spiro atoms. The highest BCUT2D eigenvalue weighted by Crippen LogP contribution is 2.55. The molecule has 0 radical (unpaired) electrons. The van der Waals surface area contributed by atoms with E-state index in [1.165, 1.54) is 12.8 Å². The van der Waals surface area contributed by atoms with Crippen LogP contribution in [-0.2, 0) is 4.74 Å².